The smallest absolute Gasteiger partial charge is 0.253 e. The fourth-order valence-corrected chi connectivity index (χ4v) is 2.22. The second-order valence-corrected chi connectivity index (χ2v) is 4.45. The van der Waals surface area contributed by atoms with Crippen LogP contribution in [-0.4, -0.2) is 39.1 Å². The van der Waals surface area contributed by atoms with Crippen molar-refractivity contribution in [2.75, 3.05) is 32.2 Å². The second-order valence-electron chi connectivity index (χ2n) is 4.45. The average molecular weight is 278 g/mol. The monoisotopic (exact) mass is 278 g/mol. The van der Waals surface area contributed by atoms with E-state index in [1.165, 1.54) is 14.2 Å². The lowest BCUT2D eigenvalue weighted by atomic mass is 10.1. The maximum atomic E-state index is 12.1. The fraction of sp³-hybridized carbons (Fsp3) is 0.429. The van der Waals surface area contributed by atoms with Crippen LogP contribution in [0.25, 0.3) is 0 Å². The van der Waals surface area contributed by atoms with Crippen molar-refractivity contribution in [3.05, 3.63) is 17.7 Å². The number of nitrogens with zero attached hydrogens (tertiary/aromatic N) is 1. The van der Waals surface area contributed by atoms with Crippen LogP contribution in [0.3, 0.4) is 0 Å². The number of carbonyl (C=O) groups excluding carboxylic acids is 2. The average Bonchev–Trinajstić information content (AvgIpc) is 2.58. The Labute approximate surface area is 117 Å². The molecule has 6 heteroatoms. The van der Waals surface area contributed by atoms with Crippen molar-refractivity contribution in [3.8, 4) is 11.5 Å². The maximum absolute atomic E-state index is 12.1. The quantitative estimate of drug-likeness (QED) is 0.898. The summed E-state index contributed by atoms with van der Waals surface area (Å²) < 4.78 is 10.5. The van der Waals surface area contributed by atoms with Gasteiger partial charge >= 0.3 is 0 Å². The normalized spacial score (nSPS) is 14.4. The summed E-state index contributed by atoms with van der Waals surface area (Å²) in [7, 11) is 3.03. The molecule has 2 amide bonds. The van der Waals surface area contributed by atoms with Crippen molar-refractivity contribution in [2.24, 2.45) is 0 Å². The SMILES string of the molecule is CCCN1C(=O)CNC(=O)c2cc(OC)c(OC)cc21. The van der Waals surface area contributed by atoms with Gasteiger partial charge in [-0.3, -0.25) is 9.59 Å². The zero-order valence-electron chi connectivity index (χ0n) is 11.9. The molecule has 0 radical (unpaired) electrons. The van der Waals surface area contributed by atoms with E-state index in [0.29, 0.717) is 29.3 Å². The van der Waals surface area contributed by atoms with Gasteiger partial charge in [0.05, 0.1) is 32.0 Å². The number of benzene rings is 1. The van der Waals surface area contributed by atoms with Crippen LogP contribution in [0.1, 0.15) is 23.7 Å². The molecule has 0 spiro atoms. The summed E-state index contributed by atoms with van der Waals surface area (Å²) in [5.41, 5.74) is 0.978. The molecule has 0 saturated carbocycles. The van der Waals surface area contributed by atoms with E-state index >= 15 is 0 Å². The Hall–Kier alpha value is -2.24. The van der Waals surface area contributed by atoms with Crippen LogP contribution < -0.4 is 19.7 Å². The zero-order chi connectivity index (χ0) is 14.7. The Balaban J connectivity index is 2.61. The topological polar surface area (TPSA) is 67.9 Å². The van der Waals surface area contributed by atoms with Gasteiger partial charge in [-0.25, -0.2) is 0 Å². The molecule has 2 rings (SSSR count). The van der Waals surface area contributed by atoms with Crippen LogP contribution in [0, 0.1) is 0 Å². The van der Waals surface area contributed by atoms with E-state index in [2.05, 4.69) is 5.32 Å². The predicted octanol–water partition coefficient (Wildman–Crippen LogP) is 1.19. The minimum absolute atomic E-state index is 0.00184. The standard InChI is InChI=1S/C14H18N2O4/c1-4-5-16-10-7-12(20-3)11(19-2)6-9(10)14(18)15-8-13(16)17/h6-7H,4-5,8H2,1-3H3,(H,15,18). The Bertz CT molecular complexity index is 542. The van der Waals surface area contributed by atoms with Crippen molar-refractivity contribution in [1.29, 1.82) is 0 Å². The Kier molecular flexibility index (Phi) is 4.12. The van der Waals surface area contributed by atoms with Gasteiger partial charge < -0.3 is 19.7 Å². The van der Waals surface area contributed by atoms with E-state index in [4.69, 9.17) is 9.47 Å². The van der Waals surface area contributed by atoms with Crippen LogP contribution in [0.5, 0.6) is 11.5 Å². The third-order valence-electron chi connectivity index (χ3n) is 3.19. The van der Waals surface area contributed by atoms with Crippen LogP contribution >= 0.6 is 0 Å². The van der Waals surface area contributed by atoms with Gasteiger partial charge in [-0.15, -0.1) is 0 Å². The highest BCUT2D eigenvalue weighted by molar-refractivity contribution is 6.10. The van der Waals surface area contributed by atoms with Crippen LogP contribution in [-0.2, 0) is 4.79 Å². The van der Waals surface area contributed by atoms with Crippen LogP contribution in [0.15, 0.2) is 12.1 Å². The highest BCUT2D eigenvalue weighted by Gasteiger charge is 2.27. The lowest BCUT2D eigenvalue weighted by Crippen LogP contribution is -2.36. The summed E-state index contributed by atoms with van der Waals surface area (Å²) in [5, 5.41) is 2.60. The molecular weight excluding hydrogens is 260 g/mol. The third-order valence-corrected chi connectivity index (χ3v) is 3.19. The van der Waals surface area contributed by atoms with Crippen molar-refractivity contribution < 1.29 is 19.1 Å². The van der Waals surface area contributed by atoms with Gasteiger partial charge in [0.2, 0.25) is 5.91 Å². The fourth-order valence-electron chi connectivity index (χ4n) is 2.22. The first-order valence-electron chi connectivity index (χ1n) is 6.47. The zero-order valence-corrected chi connectivity index (χ0v) is 11.9. The molecule has 0 unspecified atom stereocenters. The second kappa shape index (κ2) is 5.81. The summed E-state index contributed by atoms with van der Waals surface area (Å²) in [6.45, 7) is 2.53. The summed E-state index contributed by atoms with van der Waals surface area (Å²) in [4.78, 5) is 25.8. The summed E-state index contributed by atoms with van der Waals surface area (Å²) in [6, 6.07) is 3.28. The number of carbonyl (C=O) groups is 2. The first-order valence-corrected chi connectivity index (χ1v) is 6.47. The first kappa shape index (κ1) is 14.2. The number of anilines is 1. The highest BCUT2D eigenvalue weighted by Crippen LogP contribution is 2.36. The summed E-state index contributed by atoms with van der Waals surface area (Å²) >= 11 is 0. The van der Waals surface area contributed by atoms with Gasteiger partial charge in [0.25, 0.3) is 5.91 Å². The van der Waals surface area contributed by atoms with Crippen molar-refractivity contribution in [1.82, 2.24) is 5.32 Å². The number of hydrogen-bond donors (Lipinski definition) is 1. The molecule has 6 nitrogen and oxygen atoms in total. The highest BCUT2D eigenvalue weighted by atomic mass is 16.5. The van der Waals surface area contributed by atoms with E-state index < -0.39 is 0 Å². The van der Waals surface area contributed by atoms with Gasteiger partial charge in [0.1, 0.15) is 0 Å². The minimum atomic E-state index is -0.284. The van der Waals surface area contributed by atoms with Crippen molar-refractivity contribution in [2.45, 2.75) is 13.3 Å². The number of nitrogens with one attached hydrogen (secondary N) is 1. The molecule has 0 atom stereocenters. The van der Waals surface area contributed by atoms with Gasteiger partial charge in [-0.05, 0) is 12.5 Å². The molecule has 0 bridgehead atoms. The van der Waals surface area contributed by atoms with Crippen LogP contribution in [0.4, 0.5) is 5.69 Å². The predicted molar refractivity (Wildman–Crippen MR) is 74.5 cm³/mol. The third kappa shape index (κ3) is 2.41. The lowest BCUT2D eigenvalue weighted by molar-refractivity contribution is -0.117. The Morgan fingerprint density at radius 2 is 1.85 bits per heavy atom. The Morgan fingerprint density at radius 3 is 2.45 bits per heavy atom. The molecule has 20 heavy (non-hydrogen) atoms. The van der Waals surface area contributed by atoms with Crippen LogP contribution in [0.2, 0.25) is 0 Å². The number of amides is 2. The molecular formula is C14H18N2O4. The number of ether oxygens (including phenoxy) is 2. The molecule has 1 aliphatic heterocycles. The van der Waals surface area contributed by atoms with E-state index in [1.807, 2.05) is 6.92 Å². The molecule has 1 heterocycles. The number of hydrogen-bond acceptors (Lipinski definition) is 4. The molecule has 1 N–H and O–H groups in total. The molecule has 0 aliphatic carbocycles. The Morgan fingerprint density at radius 1 is 1.20 bits per heavy atom. The van der Waals surface area contributed by atoms with Gasteiger partial charge in [0.15, 0.2) is 11.5 Å². The number of rotatable bonds is 4. The van der Waals surface area contributed by atoms with E-state index in [0.717, 1.165) is 6.42 Å². The number of methoxy groups -OCH3 is 2. The maximum Gasteiger partial charge on any atom is 0.253 e. The van der Waals surface area contributed by atoms with E-state index in [9.17, 15) is 9.59 Å². The van der Waals surface area contributed by atoms with E-state index in [-0.39, 0.29) is 18.4 Å². The van der Waals surface area contributed by atoms with E-state index in [1.54, 1.807) is 17.0 Å². The largest absolute Gasteiger partial charge is 0.493 e. The molecule has 1 aromatic carbocycles. The molecule has 1 aliphatic rings. The summed E-state index contributed by atoms with van der Waals surface area (Å²) in [5.74, 6) is 0.543. The van der Waals surface area contributed by atoms with Gasteiger partial charge in [-0.2, -0.15) is 0 Å². The van der Waals surface area contributed by atoms with Gasteiger partial charge in [0, 0.05) is 12.6 Å². The molecule has 0 aromatic heterocycles. The molecule has 108 valence electrons. The first-order chi connectivity index (χ1) is 9.62. The molecule has 0 saturated heterocycles. The lowest BCUT2D eigenvalue weighted by Gasteiger charge is -2.22. The minimum Gasteiger partial charge on any atom is -0.493 e. The molecule has 0 fully saturated rings. The number of fused-ring (bicyclic) bond motifs is 1. The van der Waals surface area contributed by atoms with Crippen molar-refractivity contribution in [3.63, 3.8) is 0 Å². The molecule has 1 aromatic rings. The van der Waals surface area contributed by atoms with Crippen molar-refractivity contribution >= 4 is 17.5 Å². The summed E-state index contributed by atoms with van der Waals surface area (Å²) in [6.07, 6.45) is 0.799. The van der Waals surface area contributed by atoms with Gasteiger partial charge in [-0.1, -0.05) is 6.92 Å².